The van der Waals surface area contributed by atoms with Crippen LogP contribution in [0.2, 0.25) is 0 Å². The molecule has 30 heavy (non-hydrogen) atoms. The fourth-order valence-electron chi connectivity index (χ4n) is 3.08. The van der Waals surface area contributed by atoms with E-state index >= 15 is 0 Å². The number of hydrogen-bond donors (Lipinski definition) is 2. The van der Waals surface area contributed by atoms with E-state index in [1.54, 1.807) is 6.07 Å². The number of ether oxygens (including phenoxy) is 1. The fourth-order valence-corrected chi connectivity index (χ4v) is 3.08. The largest absolute Gasteiger partial charge is 0.456 e. The van der Waals surface area contributed by atoms with Gasteiger partial charge in [-0.15, -0.1) is 0 Å². The maximum atomic E-state index is 12.2. The predicted molar refractivity (Wildman–Crippen MR) is 117 cm³/mol. The Hall–Kier alpha value is -3.67. The molecule has 0 heterocycles. The first-order chi connectivity index (χ1) is 14.5. The van der Waals surface area contributed by atoms with Crippen LogP contribution in [0.1, 0.15) is 24.8 Å². The van der Waals surface area contributed by atoms with E-state index in [0.717, 1.165) is 22.0 Å². The molecular formula is C24H24N2O4. The van der Waals surface area contributed by atoms with Gasteiger partial charge in [0.25, 0.3) is 5.91 Å². The summed E-state index contributed by atoms with van der Waals surface area (Å²) in [6.45, 7) is 1.57. The van der Waals surface area contributed by atoms with Crippen LogP contribution in [0.5, 0.6) is 0 Å². The van der Waals surface area contributed by atoms with Crippen LogP contribution in [0.4, 0.5) is 11.4 Å². The first-order valence-corrected chi connectivity index (χ1v) is 9.81. The molecule has 0 aromatic heterocycles. The molecule has 6 nitrogen and oxygen atoms in total. The van der Waals surface area contributed by atoms with Gasteiger partial charge in [-0.25, -0.2) is 0 Å². The summed E-state index contributed by atoms with van der Waals surface area (Å²) >= 11 is 0. The van der Waals surface area contributed by atoms with E-state index in [2.05, 4.69) is 10.6 Å². The zero-order chi connectivity index (χ0) is 21.3. The molecule has 154 valence electrons. The second-order valence-electron chi connectivity index (χ2n) is 7.01. The lowest BCUT2D eigenvalue weighted by atomic mass is 10.1. The highest BCUT2D eigenvalue weighted by Crippen LogP contribution is 2.23. The highest BCUT2D eigenvalue weighted by atomic mass is 16.5. The molecule has 6 heteroatoms. The smallest absolute Gasteiger partial charge is 0.306 e. The van der Waals surface area contributed by atoms with Gasteiger partial charge in [-0.3, -0.25) is 14.4 Å². The Labute approximate surface area is 175 Å². The average Bonchev–Trinajstić information content (AvgIpc) is 2.72. The first-order valence-electron chi connectivity index (χ1n) is 9.81. The van der Waals surface area contributed by atoms with E-state index < -0.39 is 11.9 Å². The number of aryl methyl sites for hydroxylation is 1. The van der Waals surface area contributed by atoms with Crippen LogP contribution in [0, 0.1) is 6.92 Å². The van der Waals surface area contributed by atoms with Crippen molar-refractivity contribution >= 4 is 39.9 Å². The summed E-state index contributed by atoms with van der Waals surface area (Å²) in [5.41, 5.74) is 2.42. The van der Waals surface area contributed by atoms with Crippen molar-refractivity contribution < 1.29 is 19.1 Å². The zero-order valence-corrected chi connectivity index (χ0v) is 16.8. The van der Waals surface area contributed by atoms with Crippen LogP contribution in [0.3, 0.4) is 0 Å². The SMILES string of the molecule is Cc1cccc(NC(=O)COC(=O)CCCC(=O)Nc2cccc3ccccc23)c1. The first kappa shape index (κ1) is 21.0. The molecule has 0 saturated heterocycles. The molecule has 3 rings (SSSR count). The number of nitrogens with one attached hydrogen (secondary N) is 2. The van der Waals surface area contributed by atoms with Gasteiger partial charge >= 0.3 is 5.97 Å². The third-order valence-electron chi connectivity index (χ3n) is 4.51. The number of fused-ring (bicyclic) bond motifs is 1. The molecule has 3 aromatic carbocycles. The summed E-state index contributed by atoms with van der Waals surface area (Å²) in [6.07, 6.45) is 0.601. The number of hydrogen-bond acceptors (Lipinski definition) is 4. The van der Waals surface area contributed by atoms with Crippen molar-refractivity contribution in [3.63, 3.8) is 0 Å². The van der Waals surface area contributed by atoms with E-state index in [1.165, 1.54) is 0 Å². The molecular weight excluding hydrogens is 380 g/mol. The van der Waals surface area contributed by atoms with Crippen LogP contribution >= 0.6 is 0 Å². The second-order valence-corrected chi connectivity index (χ2v) is 7.01. The Morgan fingerprint density at radius 2 is 1.60 bits per heavy atom. The third-order valence-corrected chi connectivity index (χ3v) is 4.51. The molecule has 0 aliphatic heterocycles. The van der Waals surface area contributed by atoms with Gasteiger partial charge in [0.15, 0.2) is 6.61 Å². The number of amides is 2. The highest BCUT2D eigenvalue weighted by Gasteiger charge is 2.10. The lowest BCUT2D eigenvalue weighted by Crippen LogP contribution is -2.21. The van der Waals surface area contributed by atoms with Gasteiger partial charge < -0.3 is 15.4 Å². The van der Waals surface area contributed by atoms with E-state index in [9.17, 15) is 14.4 Å². The Bertz CT molecular complexity index is 1060. The number of esters is 1. The lowest BCUT2D eigenvalue weighted by molar-refractivity contribution is -0.147. The molecule has 0 aliphatic rings. The van der Waals surface area contributed by atoms with Gasteiger partial charge in [-0.1, -0.05) is 48.5 Å². The van der Waals surface area contributed by atoms with Crippen molar-refractivity contribution in [2.75, 3.05) is 17.2 Å². The Morgan fingerprint density at radius 1 is 0.833 bits per heavy atom. The maximum Gasteiger partial charge on any atom is 0.306 e. The van der Waals surface area contributed by atoms with E-state index in [1.807, 2.05) is 67.6 Å². The predicted octanol–water partition coefficient (Wildman–Crippen LogP) is 4.44. The molecule has 0 saturated carbocycles. The van der Waals surface area contributed by atoms with Crippen molar-refractivity contribution in [3.8, 4) is 0 Å². The van der Waals surface area contributed by atoms with Gasteiger partial charge in [-0.2, -0.15) is 0 Å². The third kappa shape index (κ3) is 6.17. The second kappa shape index (κ2) is 10.2. The molecule has 0 bridgehead atoms. The van der Waals surface area contributed by atoms with E-state index in [4.69, 9.17) is 4.74 Å². The van der Waals surface area contributed by atoms with Crippen LogP contribution in [0.15, 0.2) is 66.7 Å². The standard InChI is InChI=1S/C24H24N2O4/c1-17-7-4-10-19(15-17)25-23(28)16-30-24(29)14-6-13-22(27)26-21-12-5-9-18-8-2-3-11-20(18)21/h2-5,7-12,15H,6,13-14,16H2,1H3,(H,25,28)(H,26,27). The Kier molecular flexibility index (Phi) is 7.16. The van der Waals surface area contributed by atoms with Crippen LogP contribution in [-0.4, -0.2) is 24.4 Å². The minimum Gasteiger partial charge on any atom is -0.456 e. The molecule has 0 unspecified atom stereocenters. The maximum absolute atomic E-state index is 12.2. The van der Waals surface area contributed by atoms with Crippen molar-refractivity contribution in [2.45, 2.75) is 26.2 Å². The quantitative estimate of drug-likeness (QED) is 0.544. The molecule has 0 atom stereocenters. The highest BCUT2D eigenvalue weighted by molar-refractivity contribution is 6.02. The number of anilines is 2. The van der Waals surface area contributed by atoms with Crippen molar-refractivity contribution in [2.24, 2.45) is 0 Å². The molecule has 3 aromatic rings. The van der Waals surface area contributed by atoms with Crippen molar-refractivity contribution in [1.29, 1.82) is 0 Å². The van der Waals surface area contributed by atoms with E-state index in [-0.39, 0.29) is 25.4 Å². The van der Waals surface area contributed by atoms with Crippen LogP contribution in [0.25, 0.3) is 10.8 Å². The summed E-state index contributed by atoms with van der Waals surface area (Å²) in [5.74, 6) is -1.08. The van der Waals surface area contributed by atoms with Gasteiger partial charge in [0.2, 0.25) is 5.91 Å². The summed E-state index contributed by atoms with van der Waals surface area (Å²) < 4.78 is 4.98. The number of carbonyl (C=O) groups is 3. The summed E-state index contributed by atoms with van der Waals surface area (Å²) in [6, 6.07) is 20.9. The number of carbonyl (C=O) groups excluding carboxylic acids is 3. The molecule has 2 N–H and O–H groups in total. The lowest BCUT2D eigenvalue weighted by Gasteiger charge is -2.09. The molecule has 0 radical (unpaired) electrons. The molecule has 0 aliphatic carbocycles. The van der Waals surface area contributed by atoms with Crippen molar-refractivity contribution in [1.82, 2.24) is 0 Å². The van der Waals surface area contributed by atoms with Gasteiger partial charge in [-0.05, 0) is 42.5 Å². The number of benzene rings is 3. The normalized spacial score (nSPS) is 10.4. The summed E-state index contributed by atoms with van der Waals surface area (Å²) in [7, 11) is 0. The number of rotatable bonds is 8. The monoisotopic (exact) mass is 404 g/mol. The van der Waals surface area contributed by atoms with Crippen molar-refractivity contribution in [3.05, 3.63) is 72.3 Å². The summed E-state index contributed by atoms with van der Waals surface area (Å²) in [4.78, 5) is 35.9. The zero-order valence-electron chi connectivity index (χ0n) is 16.8. The van der Waals surface area contributed by atoms with Gasteiger partial charge in [0, 0.05) is 29.6 Å². The summed E-state index contributed by atoms with van der Waals surface area (Å²) in [5, 5.41) is 7.57. The molecule has 2 amide bonds. The van der Waals surface area contributed by atoms with Crippen LogP contribution < -0.4 is 10.6 Å². The molecule has 0 fully saturated rings. The Balaban J connectivity index is 1.37. The minimum absolute atomic E-state index is 0.0701. The average molecular weight is 404 g/mol. The minimum atomic E-state index is -0.507. The van der Waals surface area contributed by atoms with Gasteiger partial charge in [0.05, 0.1) is 0 Å². The van der Waals surface area contributed by atoms with Gasteiger partial charge in [0.1, 0.15) is 0 Å². The Morgan fingerprint density at radius 3 is 2.43 bits per heavy atom. The van der Waals surface area contributed by atoms with Crippen LogP contribution in [-0.2, 0) is 19.1 Å². The van der Waals surface area contributed by atoms with E-state index in [0.29, 0.717) is 12.1 Å². The topological polar surface area (TPSA) is 84.5 Å². The fraction of sp³-hybridized carbons (Fsp3) is 0.208. The molecule has 0 spiro atoms.